The average Bonchev–Trinajstić information content (AvgIpc) is 2.66. The summed E-state index contributed by atoms with van der Waals surface area (Å²) in [5.74, 6) is -0.0832. The van der Waals surface area contributed by atoms with Crippen molar-refractivity contribution in [1.29, 1.82) is 0 Å². The largest absolute Gasteiger partial charge is 0.504 e. The van der Waals surface area contributed by atoms with Crippen LogP contribution in [0.25, 0.3) is 12.2 Å². The average molecular weight is 386 g/mol. The Morgan fingerprint density at radius 1 is 0.821 bits per heavy atom. The van der Waals surface area contributed by atoms with Gasteiger partial charge in [0, 0.05) is 0 Å². The molecule has 7 nitrogen and oxygen atoms in total. The van der Waals surface area contributed by atoms with Crippen molar-refractivity contribution in [1.82, 2.24) is 0 Å². The lowest BCUT2D eigenvalue weighted by Crippen LogP contribution is -2.01. The Morgan fingerprint density at radius 3 is 1.57 bits per heavy atom. The summed E-state index contributed by atoms with van der Waals surface area (Å²) in [6, 6.07) is 9.34. The van der Waals surface area contributed by atoms with Gasteiger partial charge in [0.15, 0.2) is 34.6 Å². The highest BCUT2D eigenvalue weighted by molar-refractivity contribution is 6.10. The third-order valence-electron chi connectivity index (χ3n) is 3.68. The molecule has 0 saturated carbocycles. The molecule has 0 fully saturated rings. The first-order valence-electron chi connectivity index (χ1n) is 8.08. The molecular weight excluding hydrogens is 364 g/mol. The summed E-state index contributed by atoms with van der Waals surface area (Å²) in [7, 11) is 2.87. The van der Waals surface area contributed by atoms with Crippen LogP contribution in [0.15, 0.2) is 48.6 Å². The predicted molar refractivity (Wildman–Crippen MR) is 106 cm³/mol. The van der Waals surface area contributed by atoms with Crippen LogP contribution in [0, 0.1) is 0 Å². The van der Waals surface area contributed by atoms with Gasteiger partial charge in [-0.25, -0.2) is 0 Å². The number of benzene rings is 2. The van der Waals surface area contributed by atoms with Gasteiger partial charge >= 0.3 is 0 Å². The number of phenolic OH excluding ortho intramolecular Hbond substituents is 2. The lowest BCUT2D eigenvalue weighted by atomic mass is 10.1. The lowest BCUT2D eigenvalue weighted by Gasteiger charge is -2.03. The van der Waals surface area contributed by atoms with E-state index in [4.69, 9.17) is 9.47 Å². The van der Waals surface area contributed by atoms with Crippen molar-refractivity contribution < 1.29 is 34.8 Å². The molecule has 0 atom stereocenters. The summed E-state index contributed by atoms with van der Waals surface area (Å²) < 4.78 is 10.00. The number of carbonyl (C=O) groups excluding carboxylic acids is 2. The van der Waals surface area contributed by atoms with Gasteiger partial charge in [-0.3, -0.25) is 9.59 Å². The molecular formula is C21H22O7. The molecule has 2 aromatic rings. The van der Waals surface area contributed by atoms with E-state index < -0.39 is 0 Å². The normalized spacial score (nSPS) is 10.6. The number of aromatic hydroxyl groups is 2. The van der Waals surface area contributed by atoms with E-state index in [1.54, 1.807) is 36.4 Å². The Balaban J connectivity index is 0.00000392. The molecule has 28 heavy (non-hydrogen) atoms. The van der Waals surface area contributed by atoms with Gasteiger partial charge in [-0.05, 0) is 47.5 Å². The molecule has 0 amide bonds. The fourth-order valence-electron chi connectivity index (χ4n) is 2.26. The first-order valence-corrected chi connectivity index (χ1v) is 8.08. The van der Waals surface area contributed by atoms with Crippen molar-refractivity contribution in [3.63, 3.8) is 0 Å². The van der Waals surface area contributed by atoms with Gasteiger partial charge in [-0.15, -0.1) is 0 Å². The molecule has 0 aliphatic heterocycles. The summed E-state index contributed by atoms with van der Waals surface area (Å²) >= 11 is 0. The number of hydrogen-bond donors (Lipinski definition) is 2. The fourth-order valence-corrected chi connectivity index (χ4v) is 2.26. The molecule has 0 heterocycles. The molecule has 0 spiro atoms. The number of allylic oxidation sites excluding steroid dienone is 2. The predicted octanol–water partition coefficient (Wildman–Crippen LogP) is 2.55. The lowest BCUT2D eigenvalue weighted by molar-refractivity contribution is -0.121. The Labute approximate surface area is 162 Å². The minimum atomic E-state index is -0.347. The van der Waals surface area contributed by atoms with Crippen molar-refractivity contribution >= 4 is 23.7 Å². The minimum Gasteiger partial charge on any atom is -0.504 e. The topological polar surface area (TPSA) is 125 Å². The van der Waals surface area contributed by atoms with Crippen LogP contribution in [0.4, 0.5) is 0 Å². The van der Waals surface area contributed by atoms with Gasteiger partial charge in [0.2, 0.25) is 0 Å². The number of methoxy groups -OCH3 is 2. The van der Waals surface area contributed by atoms with E-state index in [9.17, 15) is 19.8 Å². The van der Waals surface area contributed by atoms with E-state index >= 15 is 0 Å². The fraction of sp³-hybridized carbons (Fsp3) is 0.143. The molecule has 0 aliphatic rings. The SMILES string of the molecule is COc1cc(/C=C/C(=O)CC(=O)/C=C/c2ccc(O)c(OC)c2)ccc1O.O. The van der Waals surface area contributed by atoms with Crippen LogP contribution in [0.3, 0.4) is 0 Å². The molecule has 2 aromatic carbocycles. The number of ketones is 2. The van der Waals surface area contributed by atoms with Crippen molar-refractivity contribution in [2.24, 2.45) is 0 Å². The van der Waals surface area contributed by atoms with E-state index in [0.29, 0.717) is 22.6 Å². The summed E-state index contributed by atoms with van der Waals surface area (Å²) in [6.45, 7) is 0. The van der Waals surface area contributed by atoms with Crippen LogP contribution in [0.2, 0.25) is 0 Å². The van der Waals surface area contributed by atoms with E-state index in [-0.39, 0.29) is 35.0 Å². The minimum absolute atomic E-state index is 0. The van der Waals surface area contributed by atoms with Crippen molar-refractivity contribution in [2.45, 2.75) is 6.42 Å². The number of rotatable bonds is 8. The van der Waals surface area contributed by atoms with Crippen LogP contribution >= 0.6 is 0 Å². The number of hydrogen-bond acceptors (Lipinski definition) is 6. The second-order valence-electron chi connectivity index (χ2n) is 5.64. The summed E-state index contributed by atoms with van der Waals surface area (Å²) in [5, 5.41) is 19.1. The van der Waals surface area contributed by atoms with Gasteiger partial charge in [0.05, 0.1) is 20.6 Å². The standard InChI is InChI=1S/C21H20O6.H2O/c1-26-20-11-14(5-9-18(20)24)3-7-16(22)13-17(23)8-4-15-6-10-19(25)21(12-15)27-2;/h3-12,24-25H,13H2,1-2H3;1H2/b7-3+,8-4+;. The zero-order valence-electron chi connectivity index (χ0n) is 15.5. The Bertz CT molecular complexity index is 824. The molecule has 4 N–H and O–H groups in total. The first-order chi connectivity index (χ1) is 12.9. The third-order valence-corrected chi connectivity index (χ3v) is 3.68. The maximum Gasteiger partial charge on any atom is 0.163 e. The third kappa shape index (κ3) is 6.30. The second kappa shape index (κ2) is 10.5. The van der Waals surface area contributed by atoms with Crippen LogP contribution in [-0.2, 0) is 9.59 Å². The Kier molecular flexibility index (Phi) is 8.46. The van der Waals surface area contributed by atoms with Crippen LogP contribution in [0.1, 0.15) is 17.5 Å². The quantitative estimate of drug-likeness (QED) is 0.531. The molecule has 7 heteroatoms. The second-order valence-corrected chi connectivity index (χ2v) is 5.64. The van der Waals surface area contributed by atoms with Gasteiger partial charge in [-0.1, -0.05) is 24.3 Å². The van der Waals surface area contributed by atoms with Crippen molar-refractivity contribution in [2.75, 3.05) is 14.2 Å². The number of carbonyl (C=O) groups is 2. The maximum atomic E-state index is 11.9. The molecule has 0 aliphatic carbocycles. The van der Waals surface area contributed by atoms with Gasteiger partial charge in [-0.2, -0.15) is 0 Å². The van der Waals surface area contributed by atoms with E-state index in [1.165, 1.54) is 38.5 Å². The van der Waals surface area contributed by atoms with Gasteiger partial charge < -0.3 is 25.2 Å². The Hall–Kier alpha value is -3.58. The molecule has 0 radical (unpaired) electrons. The zero-order valence-corrected chi connectivity index (χ0v) is 15.5. The number of ether oxygens (including phenoxy) is 2. The molecule has 0 unspecified atom stereocenters. The highest BCUT2D eigenvalue weighted by Gasteiger charge is 2.06. The summed E-state index contributed by atoms with van der Waals surface area (Å²) in [6.07, 6.45) is 5.44. The Morgan fingerprint density at radius 2 is 1.21 bits per heavy atom. The van der Waals surface area contributed by atoms with E-state index in [2.05, 4.69) is 0 Å². The van der Waals surface area contributed by atoms with Crippen LogP contribution in [0.5, 0.6) is 23.0 Å². The smallest absolute Gasteiger partial charge is 0.163 e. The van der Waals surface area contributed by atoms with Crippen LogP contribution in [-0.4, -0.2) is 41.5 Å². The van der Waals surface area contributed by atoms with Crippen molar-refractivity contribution in [3.8, 4) is 23.0 Å². The first kappa shape index (κ1) is 22.5. The van der Waals surface area contributed by atoms with Crippen molar-refractivity contribution in [3.05, 3.63) is 59.7 Å². The molecule has 0 saturated heterocycles. The van der Waals surface area contributed by atoms with E-state index in [0.717, 1.165) is 0 Å². The molecule has 0 aromatic heterocycles. The monoisotopic (exact) mass is 386 g/mol. The van der Waals surface area contributed by atoms with Gasteiger partial charge in [0.1, 0.15) is 0 Å². The highest BCUT2D eigenvalue weighted by atomic mass is 16.5. The van der Waals surface area contributed by atoms with Crippen LogP contribution < -0.4 is 9.47 Å². The van der Waals surface area contributed by atoms with E-state index in [1.807, 2.05) is 0 Å². The summed E-state index contributed by atoms with van der Waals surface area (Å²) in [4.78, 5) is 23.9. The summed E-state index contributed by atoms with van der Waals surface area (Å²) in [5.41, 5.74) is 1.33. The molecule has 0 bridgehead atoms. The molecule has 148 valence electrons. The maximum absolute atomic E-state index is 11.9. The molecule has 2 rings (SSSR count). The zero-order chi connectivity index (χ0) is 19.8. The highest BCUT2D eigenvalue weighted by Crippen LogP contribution is 2.27. The van der Waals surface area contributed by atoms with Gasteiger partial charge in [0.25, 0.3) is 0 Å². The number of phenols is 2.